The fraction of sp³-hybridized carbons (Fsp3) is 0.463. The van der Waals surface area contributed by atoms with Crippen LogP contribution in [0.2, 0.25) is 0 Å². The maximum Gasteiger partial charge on any atom is 0.407 e. The van der Waals surface area contributed by atoms with Gasteiger partial charge < -0.3 is 25.1 Å². The molecule has 15 nitrogen and oxygen atoms in total. The molecule has 0 saturated carbocycles. The zero-order valence-electron chi connectivity index (χ0n) is 33.4. The van der Waals surface area contributed by atoms with Crippen molar-refractivity contribution in [3.8, 4) is 22.4 Å². The number of allylic oxidation sites excluding steroid dienone is 1. The first-order valence-electron chi connectivity index (χ1n) is 19.1. The molecule has 0 bridgehead atoms. The van der Waals surface area contributed by atoms with Gasteiger partial charge in [-0.25, -0.2) is 24.6 Å². The van der Waals surface area contributed by atoms with Gasteiger partial charge in [0, 0.05) is 45.5 Å². The van der Waals surface area contributed by atoms with E-state index < -0.39 is 24.3 Å². The molecular weight excluding hydrogens is 715 g/mol. The van der Waals surface area contributed by atoms with Crippen LogP contribution in [-0.4, -0.2) is 119 Å². The maximum atomic E-state index is 13.7. The van der Waals surface area contributed by atoms with E-state index in [1.54, 1.807) is 16.2 Å². The number of methoxy groups -OCH3 is 2. The second-order valence-electron chi connectivity index (χ2n) is 15.2. The van der Waals surface area contributed by atoms with Gasteiger partial charge in [-0.2, -0.15) is 0 Å². The summed E-state index contributed by atoms with van der Waals surface area (Å²) in [7, 11) is 6.32. The largest absolute Gasteiger partial charge is 0.453 e. The second-order valence-corrected chi connectivity index (χ2v) is 15.2. The number of hydrogen-bond donors (Lipinski definition) is 3. The van der Waals surface area contributed by atoms with Crippen molar-refractivity contribution in [2.75, 3.05) is 41.4 Å². The van der Waals surface area contributed by atoms with Crippen molar-refractivity contribution < 1.29 is 28.7 Å². The quantitative estimate of drug-likeness (QED) is 0.236. The summed E-state index contributed by atoms with van der Waals surface area (Å²) < 4.78 is 9.54. The molecule has 0 spiro atoms. The molecule has 4 atom stereocenters. The van der Waals surface area contributed by atoms with E-state index >= 15 is 0 Å². The Kier molecular flexibility index (Phi) is 12.2. The smallest absolute Gasteiger partial charge is 0.407 e. The lowest BCUT2D eigenvalue weighted by atomic mass is 9.95. The minimum absolute atomic E-state index is 0.125. The van der Waals surface area contributed by atoms with Crippen molar-refractivity contribution in [1.29, 1.82) is 0 Å². The first kappa shape index (κ1) is 40.1. The van der Waals surface area contributed by atoms with E-state index in [9.17, 15) is 19.2 Å². The summed E-state index contributed by atoms with van der Waals surface area (Å²) in [4.78, 5) is 64.4. The van der Waals surface area contributed by atoms with Crippen LogP contribution in [0.5, 0.6) is 0 Å². The normalized spacial score (nSPS) is 19.9. The van der Waals surface area contributed by atoms with Gasteiger partial charge in [0.15, 0.2) is 0 Å². The van der Waals surface area contributed by atoms with Crippen molar-refractivity contribution in [1.82, 2.24) is 40.6 Å². The lowest BCUT2D eigenvalue weighted by molar-refractivity contribution is -0.149. The molecule has 6 rings (SSSR count). The summed E-state index contributed by atoms with van der Waals surface area (Å²) in [6.07, 6.45) is 4.49. The summed E-state index contributed by atoms with van der Waals surface area (Å²) in [6.45, 7) is 8.95. The summed E-state index contributed by atoms with van der Waals surface area (Å²) >= 11 is 0. The van der Waals surface area contributed by atoms with E-state index in [4.69, 9.17) is 14.5 Å². The Morgan fingerprint density at radius 1 is 0.714 bits per heavy atom. The number of aromatic amines is 1. The molecule has 3 N–H and O–H groups in total. The van der Waals surface area contributed by atoms with Gasteiger partial charge in [-0.05, 0) is 52.5 Å². The van der Waals surface area contributed by atoms with Gasteiger partial charge in [-0.3, -0.25) is 24.6 Å². The van der Waals surface area contributed by atoms with Gasteiger partial charge in [0.05, 0.1) is 32.2 Å². The number of aliphatic imine (C=N–C) groups is 1. The third-order valence-electron chi connectivity index (χ3n) is 10.9. The molecule has 4 heterocycles. The van der Waals surface area contributed by atoms with Crippen LogP contribution in [0.1, 0.15) is 64.4 Å². The number of aromatic nitrogens is 2. The Hall–Kier alpha value is -5.54. The number of alkyl carbamates (subject to hydrolysis) is 2. The van der Waals surface area contributed by atoms with Gasteiger partial charge in [0.25, 0.3) is 11.8 Å². The van der Waals surface area contributed by atoms with Crippen molar-refractivity contribution in [2.45, 2.75) is 71.1 Å². The Morgan fingerprint density at radius 3 is 1.68 bits per heavy atom. The van der Waals surface area contributed by atoms with E-state index in [0.717, 1.165) is 45.7 Å². The molecule has 4 amide bonds. The van der Waals surface area contributed by atoms with Crippen LogP contribution in [-0.2, 0) is 19.1 Å². The highest BCUT2D eigenvalue weighted by Crippen LogP contribution is 2.34. The van der Waals surface area contributed by atoms with Gasteiger partial charge in [0.2, 0.25) is 0 Å². The predicted octanol–water partition coefficient (Wildman–Crippen LogP) is 5.26. The number of nitrogens with one attached hydrogen (secondary N) is 3. The molecule has 0 aliphatic carbocycles. The number of imidazole rings is 1. The third kappa shape index (κ3) is 8.33. The summed E-state index contributed by atoms with van der Waals surface area (Å²) in [5.74, 6) is 0.0202. The molecule has 2 saturated heterocycles. The Labute approximate surface area is 328 Å². The molecule has 2 fully saturated rings. The molecular formula is C41H53N9O6. The Morgan fingerprint density at radius 2 is 1.18 bits per heavy atom. The van der Waals surface area contributed by atoms with E-state index in [1.807, 2.05) is 58.0 Å². The van der Waals surface area contributed by atoms with E-state index in [2.05, 4.69) is 69.1 Å². The third-order valence-corrected chi connectivity index (χ3v) is 10.9. The van der Waals surface area contributed by atoms with E-state index in [-0.39, 0.29) is 35.7 Å². The molecule has 1 aromatic heterocycles. The van der Waals surface area contributed by atoms with Crippen molar-refractivity contribution in [3.63, 3.8) is 0 Å². The fourth-order valence-corrected chi connectivity index (χ4v) is 7.64. The zero-order chi connectivity index (χ0) is 40.3. The lowest BCUT2D eigenvalue weighted by Crippen LogP contribution is -2.56. The standard InChI is InChI=1S/C41H53N9O6/c1-24(2)35(45-40(53)55-7)38(51)49-33(17-19-47(49)5)31-21-30(22-42-31)28-11-9-26(10-12-28)27-13-15-29(16-14-27)32-23-43-37(44-32)34-18-20-48(6)50(34)39(52)36(25(3)4)46-41(54)56-8/h9-16,22-25,33-36H,17-21H2,1-8H3,(H,43,44)(H,45,53)(H,46,54)/t33-,34-,35-,36-/m0/s1. The van der Waals surface area contributed by atoms with Gasteiger partial charge in [0.1, 0.15) is 23.9 Å². The van der Waals surface area contributed by atoms with Gasteiger partial charge >= 0.3 is 12.2 Å². The second kappa shape index (κ2) is 17.1. The molecule has 56 heavy (non-hydrogen) atoms. The van der Waals surface area contributed by atoms with Crippen molar-refractivity contribution >= 4 is 35.3 Å². The fourth-order valence-electron chi connectivity index (χ4n) is 7.64. The molecule has 0 unspecified atom stereocenters. The number of ether oxygens (including phenoxy) is 2. The number of rotatable bonds is 11. The highest BCUT2D eigenvalue weighted by molar-refractivity contribution is 6.03. The minimum Gasteiger partial charge on any atom is -0.453 e. The maximum absolute atomic E-state index is 13.7. The number of hydrogen-bond acceptors (Lipinski definition) is 10. The van der Waals surface area contributed by atoms with E-state index in [1.165, 1.54) is 14.2 Å². The molecule has 3 aliphatic rings. The SMILES string of the molecule is COC(=O)N[C@H](C(=O)N1[C@H](C2=NC=C(c3ccc(-c4ccc(-c5cnc([C@@H]6CCN(C)N6C(=O)[C@@H](NC(=O)OC)C(C)C)[nH]5)cc4)cc3)C2)CCN1C)C(C)C. The van der Waals surface area contributed by atoms with Crippen LogP contribution in [0.15, 0.2) is 65.9 Å². The molecule has 3 aromatic rings. The average Bonchev–Trinajstić information content (AvgIpc) is 4.02. The number of hydrazine groups is 2. The van der Waals surface area contributed by atoms with Crippen LogP contribution in [0.3, 0.4) is 0 Å². The Bertz CT molecular complexity index is 1970. The number of amides is 4. The minimum atomic E-state index is -0.744. The molecule has 15 heteroatoms. The molecule has 3 aliphatic heterocycles. The number of benzene rings is 2. The molecule has 2 aromatic carbocycles. The number of carbonyl (C=O) groups excluding carboxylic acids is 4. The topological polar surface area (TPSA) is 165 Å². The molecule has 298 valence electrons. The summed E-state index contributed by atoms with van der Waals surface area (Å²) in [5.41, 5.74) is 7.02. The first-order chi connectivity index (χ1) is 26.8. The van der Waals surface area contributed by atoms with Crippen molar-refractivity contribution in [3.05, 3.63) is 72.3 Å². The number of carbonyl (C=O) groups is 4. The highest BCUT2D eigenvalue weighted by atomic mass is 16.5. The number of H-pyrrole nitrogens is 1. The predicted molar refractivity (Wildman–Crippen MR) is 213 cm³/mol. The summed E-state index contributed by atoms with van der Waals surface area (Å²) in [5, 5.41) is 12.6. The van der Waals surface area contributed by atoms with E-state index in [0.29, 0.717) is 31.8 Å². The van der Waals surface area contributed by atoms with Gasteiger partial charge in [-0.1, -0.05) is 76.2 Å². The summed E-state index contributed by atoms with van der Waals surface area (Å²) in [6, 6.07) is 14.7. The van der Waals surface area contributed by atoms with Crippen LogP contribution in [0.25, 0.3) is 28.0 Å². The highest BCUT2D eigenvalue weighted by Gasteiger charge is 2.42. The van der Waals surface area contributed by atoms with Crippen LogP contribution in [0.4, 0.5) is 9.59 Å². The first-order valence-corrected chi connectivity index (χ1v) is 19.1. The number of nitrogens with zero attached hydrogens (tertiary/aromatic N) is 6. The van der Waals surface area contributed by atoms with Crippen LogP contribution in [0, 0.1) is 11.8 Å². The lowest BCUT2D eigenvalue weighted by Gasteiger charge is -2.34. The molecule has 0 radical (unpaired) electrons. The average molecular weight is 768 g/mol. The monoisotopic (exact) mass is 767 g/mol. The van der Waals surface area contributed by atoms with Crippen LogP contribution < -0.4 is 10.6 Å². The van der Waals surface area contributed by atoms with Gasteiger partial charge in [-0.15, -0.1) is 0 Å². The van der Waals surface area contributed by atoms with Crippen LogP contribution >= 0.6 is 0 Å². The zero-order valence-corrected chi connectivity index (χ0v) is 33.4. The Balaban J connectivity index is 1.09. The van der Waals surface area contributed by atoms with Crippen molar-refractivity contribution in [2.24, 2.45) is 16.8 Å².